The van der Waals surface area contributed by atoms with Crippen LogP contribution in [0.1, 0.15) is 39.5 Å². The minimum Gasteiger partial charge on any atom is -0.481 e. The smallest absolute Gasteiger partial charge is 0.312 e. The highest BCUT2D eigenvalue weighted by molar-refractivity contribution is 5.88. The molecule has 4 atom stereocenters. The Kier molecular flexibility index (Phi) is 4.39. The SMILES string of the molecule is CC(C)CC(NC(N)=O)C(=O)N1C2CCC1C(C(=O)O)C2. The lowest BCUT2D eigenvalue weighted by Gasteiger charge is -2.29. The molecule has 2 bridgehead atoms. The van der Waals surface area contributed by atoms with E-state index in [0.29, 0.717) is 12.8 Å². The van der Waals surface area contributed by atoms with E-state index in [1.54, 1.807) is 4.90 Å². The van der Waals surface area contributed by atoms with Gasteiger partial charge < -0.3 is 21.1 Å². The number of rotatable bonds is 5. The van der Waals surface area contributed by atoms with E-state index < -0.39 is 24.0 Å². The van der Waals surface area contributed by atoms with Crippen LogP contribution in [0, 0.1) is 11.8 Å². The summed E-state index contributed by atoms with van der Waals surface area (Å²) < 4.78 is 0. The Morgan fingerprint density at radius 3 is 2.48 bits per heavy atom. The van der Waals surface area contributed by atoms with Gasteiger partial charge in [-0.1, -0.05) is 13.8 Å². The van der Waals surface area contributed by atoms with Gasteiger partial charge in [0.25, 0.3) is 0 Å². The Balaban J connectivity index is 2.13. The molecule has 7 nitrogen and oxygen atoms in total. The molecule has 2 aliphatic heterocycles. The minimum atomic E-state index is -0.844. The van der Waals surface area contributed by atoms with Crippen LogP contribution >= 0.6 is 0 Å². The zero-order chi connectivity index (χ0) is 15.7. The first-order valence-corrected chi connectivity index (χ1v) is 7.42. The highest BCUT2D eigenvalue weighted by Gasteiger charge is 2.52. The molecule has 2 rings (SSSR count). The van der Waals surface area contributed by atoms with Crippen molar-refractivity contribution in [2.45, 2.75) is 57.7 Å². The second kappa shape index (κ2) is 5.91. The van der Waals surface area contributed by atoms with E-state index in [1.165, 1.54) is 0 Å². The fraction of sp³-hybridized carbons (Fsp3) is 0.786. The third-order valence-corrected chi connectivity index (χ3v) is 4.43. The number of carbonyl (C=O) groups excluding carboxylic acids is 2. The molecule has 2 heterocycles. The van der Waals surface area contributed by atoms with Gasteiger partial charge in [0.2, 0.25) is 5.91 Å². The van der Waals surface area contributed by atoms with Crippen LogP contribution in [0.2, 0.25) is 0 Å². The molecule has 4 unspecified atom stereocenters. The van der Waals surface area contributed by atoms with E-state index in [2.05, 4.69) is 5.32 Å². The maximum atomic E-state index is 12.7. The van der Waals surface area contributed by atoms with Gasteiger partial charge in [0.15, 0.2) is 0 Å². The lowest BCUT2D eigenvalue weighted by molar-refractivity contribution is -0.143. The lowest BCUT2D eigenvalue weighted by atomic mass is 9.89. The van der Waals surface area contributed by atoms with E-state index in [4.69, 9.17) is 5.73 Å². The van der Waals surface area contributed by atoms with Crippen molar-refractivity contribution in [1.29, 1.82) is 0 Å². The average molecular weight is 297 g/mol. The molecule has 3 amide bonds. The highest BCUT2D eigenvalue weighted by Crippen LogP contribution is 2.42. The van der Waals surface area contributed by atoms with Crippen LogP contribution in [0.3, 0.4) is 0 Å². The van der Waals surface area contributed by atoms with E-state index in [9.17, 15) is 19.5 Å². The minimum absolute atomic E-state index is 0.0204. The topological polar surface area (TPSA) is 113 Å². The fourth-order valence-electron chi connectivity index (χ4n) is 3.64. The lowest BCUT2D eigenvalue weighted by Crippen LogP contribution is -2.52. The monoisotopic (exact) mass is 297 g/mol. The summed E-state index contributed by atoms with van der Waals surface area (Å²) in [6, 6.07) is -1.66. The first-order chi connectivity index (χ1) is 9.81. The van der Waals surface area contributed by atoms with E-state index in [-0.39, 0.29) is 23.9 Å². The quantitative estimate of drug-likeness (QED) is 0.687. The van der Waals surface area contributed by atoms with Gasteiger partial charge >= 0.3 is 12.0 Å². The molecule has 2 fully saturated rings. The van der Waals surface area contributed by atoms with Crippen molar-refractivity contribution in [2.24, 2.45) is 17.6 Å². The molecule has 2 aliphatic rings. The number of carboxylic acids is 1. The summed E-state index contributed by atoms with van der Waals surface area (Å²) >= 11 is 0. The van der Waals surface area contributed by atoms with Gasteiger partial charge in [-0.05, 0) is 31.6 Å². The number of hydrogen-bond donors (Lipinski definition) is 3. The number of carboxylic acid groups (broad SMARTS) is 1. The molecule has 0 radical (unpaired) electrons. The maximum Gasteiger partial charge on any atom is 0.312 e. The van der Waals surface area contributed by atoms with E-state index in [1.807, 2.05) is 13.8 Å². The second-order valence-corrected chi connectivity index (χ2v) is 6.42. The number of carbonyl (C=O) groups is 3. The number of fused-ring (bicyclic) bond motifs is 2. The van der Waals surface area contributed by atoms with Crippen LogP contribution in [0.5, 0.6) is 0 Å². The Morgan fingerprint density at radius 1 is 1.33 bits per heavy atom. The molecule has 2 saturated heterocycles. The van der Waals surface area contributed by atoms with Crippen molar-refractivity contribution in [3.63, 3.8) is 0 Å². The van der Waals surface area contributed by atoms with Crippen molar-refractivity contribution < 1.29 is 19.5 Å². The van der Waals surface area contributed by atoms with Crippen molar-refractivity contribution in [1.82, 2.24) is 10.2 Å². The zero-order valence-corrected chi connectivity index (χ0v) is 12.4. The zero-order valence-electron chi connectivity index (χ0n) is 12.4. The number of amides is 3. The predicted octanol–water partition coefficient (Wildman–Crippen LogP) is 0.534. The molecule has 118 valence electrons. The third kappa shape index (κ3) is 3.11. The van der Waals surface area contributed by atoms with Gasteiger partial charge in [-0.3, -0.25) is 9.59 Å². The molecule has 0 spiro atoms. The second-order valence-electron chi connectivity index (χ2n) is 6.42. The highest BCUT2D eigenvalue weighted by atomic mass is 16.4. The Bertz CT molecular complexity index is 452. The van der Waals surface area contributed by atoms with E-state index in [0.717, 1.165) is 12.8 Å². The largest absolute Gasteiger partial charge is 0.481 e. The van der Waals surface area contributed by atoms with Gasteiger partial charge in [-0.15, -0.1) is 0 Å². The van der Waals surface area contributed by atoms with E-state index >= 15 is 0 Å². The molecule has 0 aromatic heterocycles. The number of primary amides is 1. The van der Waals surface area contributed by atoms with Gasteiger partial charge in [0, 0.05) is 12.1 Å². The first-order valence-electron chi connectivity index (χ1n) is 7.42. The molecule has 7 heteroatoms. The Labute approximate surface area is 123 Å². The molecule has 4 N–H and O–H groups in total. The number of nitrogens with zero attached hydrogens (tertiary/aromatic N) is 1. The molecule has 21 heavy (non-hydrogen) atoms. The van der Waals surface area contributed by atoms with Crippen LogP contribution in [0.4, 0.5) is 4.79 Å². The Hall–Kier alpha value is -1.79. The molecular weight excluding hydrogens is 274 g/mol. The molecule has 0 aromatic rings. The van der Waals surface area contributed by atoms with Crippen molar-refractivity contribution >= 4 is 17.9 Å². The Morgan fingerprint density at radius 2 is 2.00 bits per heavy atom. The van der Waals surface area contributed by atoms with Crippen LogP contribution in [0.25, 0.3) is 0 Å². The van der Waals surface area contributed by atoms with Crippen molar-refractivity contribution in [3.05, 3.63) is 0 Å². The summed E-state index contributed by atoms with van der Waals surface area (Å²) in [4.78, 5) is 36.8. The summed E-state index contributed by atoms with van der Waals surface area (Å²) in [5.74, 6) is -1.30. The normalized spacial score (nSPS) is 28.7. The summed E-state index contributed by atoms with van der Waals surface area (Å²) in [6.07, 6.45) is 2.57. The number of urea groups is 1. The number of nitrogens with two attached hydrogens (primary N) is 1. The van der Waals surface area contributed by atoms with Crippen LogP contribution in [-0.4, -0.2) is 46.0 Å². The maximum absolute atomic E-state index is 12.7. The van der Waals surface area contributed by atoms with Crippen LogP contribution < -0.4 is 11.1 Å². The van der Waals surface area contributed by atoms with Gasteiger partial charge in [-0.25, -0.2) is 4.79 Å². The fourth-order valence-corrected chi connectivity index (χ4v) is 3.64. The number of hydrogen-bond acceptors (Lipinski definition) is 3. The predicted molar refractivity (Wildman–Crippen MR) is 75.4 cm³/mol. The summed E-state index contributed by atoms with van der Waals surface area (Å²) in [5, 5.41) is 11.7. The molecule has 0 saturated carbocycles. The number of nitrogens with one attached hydrogen (secondary N) is 1. The van der Waals surface area contributed by atoms with Gasteiger partial charge in [0.1, 0.15) is 6.04 Å². The number of aliphatic carboxylic acids is 1. The average Bonchev–Trinajstić information content (AvgIpc) is 2.93. The van der Waals surface area contributed by atoms with Gasteiger partial charge in [-0.2, -0.15) is 0 Å². The first kappa shape index (κ1) is 15.6. The third-order valence-electron chi connectivity index (χ3n) is 4.43. The van der Waals surface area contributed by atoms with Crippen molar-refractivity contribution in [3.8, 4) is 0 Å². The van der Waals surface area contributed by atoms with Crippen LogP contribution in [0.15, 0.2) is 0 Å². The summed E-state index contributed by atoms with van der Waals surface area (Å²) in [7, 11) is 0. The van der Waals surface area contributed by atoms with Crippen LogP contribution in [-0.2, 0) is 9.59 Å². The summed E-state index contributed by atoms with van der Waals surface area (Å²) in [5.41, 5.74) is 5.15. The molecular formula is C14H23N3O4. The van der Waals surface area contributed by atoms with Gasteiger partial charge in [0.05, 0.1) is 5.92 Å². The molecule has 0 aromatic carbocycles. The van der Waals surface area contributed by atoms with Crippen molar-refractivity contribution in [2.75, 3.05) is 0 Å². The molecule has 0 aliphatic carbocycles. The standard InChI is InChI=1S/C14H23N3O4/c1-7(2)5-10(16-14(15)21)12(18)17-8-3-4-11(17)9(6-8)13(19)20/h7-11H,3-6H2,1-2H3,(H,19,20)(H3,15,16,21). The summed E-state index contributed by atoms with van der Waals surface area (Å²) in [6.45, 7) is 3.92.